The van der Waals surface area contributed by atoms with Gasteiger partial charge in [0.1, 0.15) is 12.1 Å². The number of anilines is 1. The molecule has 0 aromatic carbocycles. The molecule has 0 spiro atoms. The van der Waals surface area contributed by atoms with Crippen LogP contribution < -0.4 is 4.90 Å². The van der Waals surface area contributed by atoms with Crippen molar-refractivity contribution < 1.29 is 4.79 Å². The van der Waals surface area contributed by atoms with Crippen molar-refractivity contribution in [2.45, 2.75) is 19.8 Å². The molecule has 0 bridgehead atoms. The third-order valence-corrected chi connectivity index (χ3v) is 4.44. The molecular weight excluding hydrogens is 292 g/mol. The minimum atomic E-state index is 0.301. The highest BCUT2D eigenvalue weighted by Gasteiger charge is 2.34. The molecule has 1 saturated heterocycles. The smallest absolute Gasteiger partial charge is 0.225 e. The Labute approximate surface area is 134 Å². The normalized spacial score (nSPS) is 18.3. The lowest BCUT2D eigenvalue weighted by atomic mass is 10.2. The van der Waals surface area contributed by atoms with Crippen molar-refractivity contribution in [2.24, 2.45) is 5.92 Å². The summed E-state index contributed by atoms with van der Waals surface area (Å²) < 4.78 is 1.76. The number of hydrogen-bond donors (Lipinski definition) is 0. The topological polar surface area (TPSA) is 67.2 Å². The minimum Gasteiger partial charge on any atom is -0.353 e. The summed E-state index contributed by atoms with van der Waals surface area (Å²) in [6, 6.07) is 3.90. The number of carbonyl (C=O) groups excluding carboxylic acids is 1. The van der Waals surface area contributed by atoms with Gasteiger partial charge in [0.2, 0.25) is 5.91 Å². The van der Waals surface area contributed by atoms with Crippen LogP contribution in [-0.2, 0) is 4.79 Å². The van der Waals surface area contributed by atoms with E-state index < -0.39 is 0 Å². The number of aromatic nitrogens is 4. The van der Waals surface area contributed by atoms with Crippen molar-refractivity contribution in [3.63, 3.8) is 0 Å². The number of carbonyl (C=O) groups is 1. The van der Waals surface area contributed by atoms with Gasteiger partial charge in [-0.25, -0.2) is 14.6 Å². The Morgan fingerprint density at radius 2 is 1.87 bits per heavy atom. The van der Waals surface area contributed by atoms with Crippen LogP contribution >= 0.6 is 0 Å². The van der Waals surface area contributed by atoms with E-state index in [0.717, 1.165) is 56.4 Å². The molecule has 3 heterocycles. The summed E-state index contributed by atoms with van der Waals surface area (Å²) in [5.74, 6) is 2.29. The maximum Gasteiger partial charge on any atom is 0.225 e. The second-order valence-electron chi connectivity index (χ2n) is 6.22. The van der Waals surface area contributed by atoms with Crippen LogP contribution in [0.2, 0.25) is 0 Å². The van der Waals surface area contributed by atoms with E-state index in [2.05, 4.69) is 20.0 Å². The zero-order valence-electron chi connectivity index (χ0n) is 13.2. The molecule has 1 saturated carbocycles. The predicted molar refractivity (Wildman–Crippen MR) is 85.4 cm³/mol. The summed E-state index contributed by atoms with van der Waals surface area (Å²) in [6.07, 6.45) is 5.60. The summed E-state index contributed by atoms with van der Waals surface area (Å²) in [5.41, 5.74) is 0.956. The molecule has 2 aliphatic rings. The van der Waals surface area contributed by atoms with Crippen LogP contribution in [0.3, 0.4) is 0 Å². The first-order chi connectivity index (χ1) is 11.2. The lowest BCUT2D eigenvalue weighted by molar-refractivity contribution is -0.132. The van der Waals surface area contributed by atoms with Crippen LogP contribution in [0, 0.1) is 12.8 Å². The van der Waals surface area contributed by atoms with Gasteiger partial charge in [0.15, 0.2) is 5.82 Å². The summed E-state index contributed by atoms with van der Waals surface area (Å²) in [6.45, 7) is 5.12. The Morgan fingerprint density at radius 1 is 1.13 bits per heavy atom. The number of amides is 1. The van der Waals surface area contributed by atoms with Crippen molar-refractivity contribution in [3.8, 4) is 5.82 Å². The molecule has 0 radical (unpaired) electrons. The van der Waals surface area contributed by atoms with E-state index in [1.165, 1.54) is 0 Å². The quantitative estimate of drug-likeness (QED) is 0.847. The Morgan fingerprint density at radius 3 is 2.52 bits per heavy atom. The maximum absolute atomic E-state index is 12.1. The molecule has 1 amide bonds. The molecular formula is C16H20N6O. The van der Waals surface area contributed by atoms with Gasteiger partial charge >= 0.3 is 0 Å². The van der Waals surface area contributed by atoms with Crippen molar-refractivity contribution in [1.82, 2.24) is 24.6 Å². The van der Waals surface area contributed by atoms with Gasteiger partial charge in [0.05, 0.1) is 5.69 Å². The summed E-state index contributed by atoms with van der Waals surface area (Å²) in [5, 5.41) is 4.38. The molecule has 7 nitrogen and oxygen atoms in total. The Balaban J connectivity index is 1.45. The Hall–Kier alpha value is -2.44. The minimum absolute atomic E-state index is 0.301. The molecule has 4 rings (SSSR count). The van der Waals surface area contributed by atoms with Crippen LogP contribution in [0.5, 0.6) is 0 Å². The van der Waals surface area contributed by atoms with Crippen molar-refractivity contribution in [3.05, 3.63) is 30.4 Å². The van der Waals surface area contributed by atoms with Crippen molar-refractivity contribution in [2.75, 3.05) is 31.1 Å². The molecule has 1 aliphatic carbocycles. The lowest BCUT2D eigenvalue weighted by Crippen LogP contribution is -2.49. The van der Waals surface area contributed by atoms with Crippen LogP contribution in [0.1, 0.15) is 18.5 Å². The monoisotopic (exact) mass is 312 g/mol. The van der Waals surface area contributed by atoms with E-state index in [4.69, 9.17) is 0 Å². The van der Waals surface area contributed by atoms with E-state index in [9.17, 15) is 4.79 Å². The molecule has 2 fully saturated rings. The highest BCUT2D eigenvalue weighted by Crippen LogP contribution is 2.31. The van der Waals surface area contributed by atoms with Gasteiger partial charge in [0.25, 0.3) is 0 Å². The van der Waals surface area contributed by atoms with Crippen LogP contribution in [0.25, 0.3) is 5.82 Å². The first kappa shape index (κ1) is 14.2. The first-order valence-electron chi connectivity index (χ1n) is 8.09. The van der Waals surface area contributed by atoms with E-state index >= 15 is 0 Å². The maximum atomic E-state index is 12.1. The lowest BCUT2D eigenvalue weighted by Gasteiger charge is -2.35. The number of hydrogen-bond acceptors (Lipinski definition) is 5. The molecule has 1 aliphatic heterocycles. The fourth-order valence-corrected chi connectivity index (χ4v) is 2.92. The fraction of sp³-hybridized carbons (Fsp3) is 0.500. The standard InChI is InChI=1S/C16H20N6O/c1-12-4-5-22(19-12)15-10-14(17-11-18-15)20-6-8-21(9-7-20)16(23)13-2-3-13/h4-5,10-11,13H,2-3,6-9H2,1H3. The molecule has 0 atom stereocenters. The number of rotatable bonds is 3. The third-order valence-electron chi connectivity index (χ3n) is 4.44. The van der Waals surface area contributed by atoms with Crippen LogP contribution in [0.4, 0.5) is 5.82 Å². The van der Waals surface area contributed by atoms with Gasteiger partial charge in [0, 0.05) is 44.4 Å². The Kier molecular flexibility index (Phi) is 3.48. The number of piperazine rings is 1. The van der Waals surface area contributed by atoms with Gasteiger partial charge in [-0.05, 0) is 25.8 Å². The molecule has 2 aromatic heterocycles. The van der Waals surface area contributed by atoms with Gasteiger partial charge in [-0.3, -0.25) is 4.79 Å². The van der Waals surface area contributed by atoms with E-state index in [0.29, 0.717) is 11.8 Å². The second-order valence-corrected chi connectivity index (χ2v) is 6.22. The van der Waals surface area contributed by atoms with Gasteiger partial charge in [-0.2, -0.15) is 5.10 Å². The van der Waals surface area contributed by atoms with E-state index in [1.54, 1.807) is 11.0 Å². The van der Waals surface area contributed by atoms with Gasteiger partial charge in [-0.15, -0.1) is 0 Å². The van der Waals surface area contributed by atoms with Gasteiger partial charge < -0.3 is 9.80 Å². The van der Waals surface area contributed by atoms with Crippen molar-refractivity contribution in [1.29, 1.82) is 0 Å². The molecule has 120 valence electrons. The summed E-state index contributed by atoms with van der Waals surface area (Å²) in [7, 11) is 0. The molecule has 23 heavy (non-hydrogen) atoms. The number of aryl methyl sites for hydroxylation is 1. The SMILES string of the molecule is Cc1ccn(-c2cc(N3CCN(C(=O)C4CC4)CC3)ncn2)n1. The van der Waals surface area contributed by atoms with Gasteiger partial charge in [-0.1, -0.05) is 0 Å². The molecule has 7 heteroatoms. The summed E-state index contributed by atoms with van der Waals surface area (Å²) in [4.78, 5) is 25.0. The summed E-state index contributed by atoms with van der Waals surface area (Å²) >= 11 is 0. The average Bonchev–Trinajstić information content (AvgIpc) is 3.36. The van der Waals surface area contributed by atoms with Crippen LogP contribution in [0.15, 0.2) is 24.7 Å². The van der Waals surface area contributed by atoms with E-state index in [-0.39, 0.29) is 0 Å². The fourth-order valence-electron chi connectivity index (χ4n) is 2.92. The second kappa shape index (κ2) is 5.64. The highest BCUT2D eigenvalue weighted by atomic mass is 16.2. The molecule has 0 N–H and O–H groups in total. The van der Waals surface area contributed by atoms with Crippen molar-refractivity contribution >= 4 is 11.7 Å². The third kappa shape index (κ3) is 2.91. The van der Waals surface area contributed by atoms with E-state index in [1.807, 2.05) is 30.2 Å². The Bertz CT molecular complexity index is 715. The molecule has 0 unspecified atom stereocenters. The zero-order chi connectivity index (χ0) is 15.8. The first-order valence-corrected chi connectivity index (χ1v) is 8.09. The number of nitrogens with zero attached hydrogens (tertiary/aromatic N) is 6. The van der Waals surface area contributed by atoms with Crippen LogP contribution in [-0.4, -0.2) is 56.7 Å². The molecule has 2 aromatic rings. The largest absolute Gasteiger partial charge is 0.353 e. The average molecular weight is 312 g/mol. The highest BCUT2D eigenvalue weighted by molar-refractivity contribution is 5.81. The zero-order valence-corrected chi connectivity index (χ0v) is 13.2. The predicted octanol–water partition coefficient (Wildman–Crippen LogP) is 1.03.